The minimum atomic E-state index is -1.03. The summed E-state index contributed by atoms with van der Waals surface area (Å²) in [5, 5.41) is 9.08. The number of benzene rings is 1. The number of anilines is 1. The second-order valence-electron chi connectivity index (χ2n) is 3.88. The Morgan fingerprint density at radius 2 is 2.00 bits per heavy atom. The first-order valence-corrected chi connectivity index (χ1v) is 5.87. The Kier molecular flexibility index (Phi) is 3.17. The highest BCUT2D eigenvalue weighted by Crippen LogP contribution is 2.27. The van der Waals surface area contributed by atoms with Crippen molar-refractivity contribution in [1.82, 2.24) is 0 Å². The number of aliphatic carboxylic acids is 1. The highest BCUT2D eigenvalue weighted by atomic mass is 79.9. The smallest absolute Gasteiger partial charge is 0.326 e. The van der Waals surface area contributed by atoms with Crippen LogP contribution in [0.25, 0.3) is 0 Å². The van der Waals surface area contributed by atoms with Crippen LogP contribution >= 0.6 is 15.9 Å². The van der Waals surface area contributed by atoms with E-state index in [0.29, 0.717) is 5.69 Å². The van der Waals surface area contributed by atoms with Gasteiger partial charge in [-0.25, -0.2) is 4.79 Å². The minimum absolute atomic E-state index is 0.143. The molecule has 0 aromatic heterocycles. The maximum absolute atomic E-state index is 11.8. The molecular formula is C11H11BrN2O3. The quantitative estimate of drug-likeness (QED) is 0.852. The number of halogens is 1. The van der Waals surface area contributed by atoms with Crippen molar-refractivity contribution < 1.29 is 14.7 Å². The predicted molar refractivity (Wildman–Crippen MR) is 65.6 cm³/mol. The van der Waals surface area contributed by atoms with Gasteiger partial charge < -0.3 is 10.8 Å². The van der Waals surface area contributed by atoms with Crippen molar-refractivity contribution in [3.63, 3.8) is 0 Å². The molecule has 1 aromatic rings. The summed E-state index contributed by atoms with van der Waals surface area (Å²) in [7, 11) is 0. The molecule has 0 spiro atoms. The molecule has 1 heterocycles. The molecular weight excluding hydrogens is 288 g/mol. The van der Waals surface area contributed by atoms with Crippen LogP contribution in [0.2, 0.25) is 0 Å². The van der Waals surface area contributed by atoms with Crippen LogP contribution in [0.4, 0.5) is 5.69 Å². The first-order valence-electron chi connectivity index (χ1n) is 5.07. The van der Waals surface area contributed by atoms with Gasteiger partial charge in [-0.15, -0.1) is 0 Å². The molecule has 1 saturated heterocycles. The summed E-state index contributed by atoms with van der Waals surface area (Å²) < 4.78 is 0.865. The van der Waals surface area contributed by atoms with E-state index in [4.69, 9.17) is 10.8 Å². The number of carboxylic acids is 1. The lowest BCUT2D eigenvalue weighted by molar-refractivity contribution is -0.138. The van der Waals surface area contributed by atoms with Crippen molar-refractivity contribution in [1.29, 1.82) is 0 Å². The van der Waals surface area contributed by atoms with Crippen LogP contribution < -0.4 is 10.6 Å². The van der Waals surface area contributed by atoms with Crippen LogP contribution in [-0.4, -0.2) is 29.1 Å². The van der Waals surface area contributed by atoms with Gasteiger partial charge in [0.2, 0.25) is 5.91 Å². The highest BCUT2D eigenvalue weighted by Gasteiger charge is 2.42. The van der Waals surface area contributed by atoms with Gasteiger partial charge >= 0.3 is 5.97 Å². The van der Waals surface area contributed by atoms with Crippen LogP contribution in [0.3, 0.4) is 0 Å². The summed E-state index contributed by atoms with van der Waals surface area (Å²) in [6, 6.07) is 5.28. The third-order valence-corrected chi connectivity index (χ3v) is 3.26. The van der Waals surface area contributed by atoms with Crippen molar-refractivity contribution in [3.8, 4) is 0 Å². The van der Waals surface area contributed by atoms with Gasteiger partial charge in [-0.3, -0.25) is 9.69 Å². The Morgan fingerprint density at radius 3 is 2.53 bits per heavy atom. The van der Waals surface area contributed by atoms with Gasteiger partial charge in [-0.2, -0.15) is 0 Å². The summed E-state index contributed by atoms with van der Waals surface area (Å²) in [6.07, 6.45) is 0.143. The van der Waals surface area contributed by atoms with Gasteiger partial charge in [0.15, 0.2) is 0 Å². The number of rotatable bonds is 2. The van der Waals surface area contributed by atoms with Gasteiger partial charge in [0, 0.05) is 16.6 Å². The van der Waals surface area contributed by atoms with E-state index in [0.717, 1.165) is 4.47 Å². The van der Waals surface area contributed by atoms with E-state index < -0.39 is 18.1 Å². The molecule has 3 N–H and O–H groups in total. The molecule has 6 heteroatoms. The Balaban J connectivity index is 2.37. The summed E-state index contributed by atoms with van der Waals surface area (Å²) in [6.45, 7) is 0. The molecule has 2 atom stereocenters. The molecule has 5 nitrogen and oxygen atoms in total. The van der Waals surface area contributed by atoms with Gasteiger partial charge in [0.1, 0.15) is 6.04 Å². The molecule has 1 fully saturated rings. The lowest BCUT2D eigenvalue weighted by atomic mass is 10.2. The Hall–Kier alpha value is -1.40. The number of carbonyl (C=O) groups excluding carboxylic acids is 1. The summed E-state index contributed by atoms with van der Waals surface area (Å²) in [4.78, 5) is 24.2. The fourth-order valence-electron chi connectivity index (χ4n) is 1.90. The Labute approximate surface area is 106 Å². The van der Waals surface area contributed by atoms with E-state index in [1.807, 2.05) is 0 Å². The molecule has 1 amide bonds. The highest BCUT2D eigenvalue weighted by molar-refractivity contribution is 9.10. The van der Waals surface area contributed by atoms with Crippen LogP contribution in [-0.2, 0) is 9.59 Å². The SMILES string of the molecule is N[C@H]1C[C@@H](C(=O)O)N(c2ccc(Br)cc2)C1=O. The fourth-order valence-corrected chi connectivity index (χ4v) is 2.16. The third kappa shape index (κ3) is 2.18. The number of nitrogens with zero attached hydrogens (tertiary/aromatic N) is 1. The average molecular weight is 299 g/mol. The monoisotopic (exact) mass is 298 g/mol. The van der Waals surface area contributed by atoms with Crippen molar-refractivity contribution in [2.75, 3.05) is 4.90 Å². The van der Waals surface area contributed by atoms with Gasteiger partial charge in [0.25, 0.3) is 0 Å². The van der Waals surface area contributed by atoms with E-state index >= 15 is 0 Å². The standard InChI is InChI=1S/C11H11BrN2O3/c12-6-1-3-7(4-2-6)14-9(11(16)17)5-8(13)10(14)15/h1-4,8-9H,5,13H2,(H,16,17)/t8-,9-/m0/s1. The Bertz CT molecular complexity index is 460. The maximum atomic E-state index is 11.8. The van der Waals surface area contributed by atoms with Crippen LogP contribution in [0, 0.1) is 0 Å². The second-order valence-corrected chi connectivity index (χ2v) is 4.80. The van der Waals surface area contributed by atoms with Gasteiger partial charge in [-0.05, 0) is 24.3 Å². The van der Waals surface area contributed by atoms with Crippen molar-refractivity contribution in [3.05, 3.63) is 28.7 Å². The molecule has 2 rings (SSSR count). The topological polar surface area (TPSA) is 83.6 Å². The minimum Gasteiger partial charge on any atom is -0.480 e. The molecule has 0 saturated carbocycles. The molecule has 1 aromatic carbocycles. The number of carbonyl (C=O) groups is 2. The predicted octanol–water partition coefficient (Wildman–Crippen LogP) is 0.966. The lowest BCUT2D eigenvalue weighted by Crippen LogP contribution is -2.40. The summed E-state index contributed by atoms with van der Waals surface area (Å²) in [5.74, 6) is -1.38. The number of amides is 1. The van der Waals surface area contributed by atoms with Crippen LogP contribution in [0.1, 0.15) is 6.42 Å². The molecule has 1 aliphatic heterocycles. The van der Waals surface area contributed by atoms with Gasteiger partial charge in [-0.1, -0.05) is 15.9 Å². The molecule has 0 bridgehead atoms. The summed E-state index contributed by atoms with van der Waals surface area (Å²) >= 11 is 3.28. The zero-order valence-corrected chi connectivity index (χ0v) is 10.4. The van der Waals surface area contributed by atoms with Gasteiger partial charge in [0.05, 0.1) is 6.04 Å². The molecule has 0 aliphatic carbocycles. The van der Waals surface area contributed by atoms with Crippen molar-refractivity contribution >= 4 is 33.5 Å². The lowest BCUT2D eigenvalue weighted by Gasteiger charge is -2.21. The zero-order chi connectivity index (χ0) is 12.6. The molecule has 0 radical (unpaired) electrons. The van der Waals surface area contributed by atoms with E-state index in [2.05, 4.69) is 15.9 Å². The summed E-state index contributed by atoms with van der Waals surface area (Å²) in [5.41, 5.74) is 6.15. The number of hydrogen-bond acceptors (Lipinski definition) is 3. The molecule has 90 valence electrons. The maximum Gasteiger partial charge on any atom is 0.326 e. The molecule has 17 heavy (non-hydrogen) atoms. The van der Waals surface area contributed by atoms with E-state index in [9.17, 15) is 9.59 Å². The number of nitrogens with two attached hydrogens (primary N) is 1. The van der Waals surface area contributed by atoms with Crippen molar-refractivity contribution in [2.24, 2.45) is 5.73 Å². The Morgan fingerprint density at radius 1 is 1.41 bits per heavy atom. The van der Waals surface area contributed by atoms with Crippen LogP contribution in [0.5, 0.6) is 0 Å². The third-order valence-electron chi connectivity index (χ3n) is 2.73. The molecule has 1 aliphatic rings. The largest absolute Gasteiger partial charge is 0.480 e. The number of hydrogen-bond donors (Lipinski definition) is 2. The number of carboxylic acid groups (broad SMARTS) is 1. The van der Waals surface area contributed by atoms with Crippen molar-refractivity contribution in [2.45, 2.75) is 18.5 Å². The van der Waals surface area contributed by atoms with E-state index in [1.165, 1.54) is 4.90 Å². The normalized spacial score (nSPS) is 24.1. The first-order chi connectivity index (χ1) is 8.00. The molecule has 0 unspecified atom stereocenters. The average Bonchev–Trinajstić information content (AvgIpc) is 2.57. The fraction of sp³-hybridized carbons (Fsp3) is 0.273. The second kappa shape index (κ2) is 4.46. The first kappa shape index (κ1) is 12.1. The zero-order valence-electron chi connectivity index (χ0n) is 8.84. The van der Waals surface area contributed by atoms with Crippen LogP contribution in [0.15, 0.2) is 28.7 Å². The van der Waals surface area contributed by atoms with E-state index in [1.54, 1.807) is 24.3 Å². The van der Waals surface area contributed by atoms with E-state index in [-0.39, 0.29) is 12.3 Å².